The third kappa shape index (κ3) is 1.96. The fraction of sp³-hybridized carbons (Fsp3) is 0.182. The molecule has 0 aliphatic rings. The number of fused-ring (bicyclic) bond motifs is 1. The van der Waals surface area contributed by atoms with Crippen LogP contribution >= 0.6 is 15.9 Å². The van der Waals surface area contributed by atoms with Crippen molar-refractivity contribution in [2.45, 2.75) is 12.5 Å². The average molecular weight is 283 g/mol. The highest BCUT2D eigenvalue weighted by molar-refractivity contribution is 9.10. The number of carbonyl (C=O) groups is 1. The van der Waals surface area contributed by atoms with E-state index in [0.29, 0.717) is 6.42 Å². The molecule has 84 valence electrons. The first-order chi connectivity index (χ1) is 7.59. The summed E-state index contributed by atoms with van der Waals surface area (Å²) in [5.74, 6) is -0.985. The Bertz CT molecular complexity index is 536. The van der Waals surface area contributed by atoms with Gasteiger partial charge in [0.25, 0.3) is 0 Å². The molecule has 0 saturated heterocycles. The van der Waals surface area contributed by atoms with Gasteiger partial charge in [0.05, 0.1) is 0 Å². The molecule has 0 bridgehead atoms. The van der Waals surface area contributed by atoms with Gasteiger partial charge in [-0.3, -0.25) is 4.79 Å². The lowest BCUT2D eigenvalue weighted by Gasteiger charge is -2.05. The number of hydrogen-bond acceptors (Lipinski definition) is 2. The number of benzene rings is 1. The van der Waals surface area contributed by atoms with Crippen LogP contribution in [0.2, 0.25) is 0 Å². The molecular weight excluding hydrogens is 272 g/mol. The topological polar surface area (TPSA) is 79.1 Å². The predicted molar refractivity (Wildman–Crippen MR) is 65.3 cm³/mol. The van der Waals surface area contributed by atoms with Gasteiger partial charge in [0.15, 0.2) is 0 Å². The third-order valence-electron chi connectivity index (χ3n) is 2.49. The molecule has 1 aromatic carbocycles. The fourth-order valence-corrected chi connectivity index (χ4v) is 2.31. The van der Waals surface area contributed by atoms with Crippen LogP contribution in [0.1, 0.15) is 5.56 Å². The maximum absolute atomic E-state index is 10.7. The van der Waals surface area contributed by atoms with Gasteiger partial charge in [-0.2, -0.15) is 0 Å². The van der Waals surface area contributed by atoms with Crippen molar-refractivity contribution >= 4 is 32.8 Å². The second kappa shape index (κ2) is 4.27. The van der Waals surface area contributed by atoms with Crippen LogP contribution in [0, 0.1) is 0 Å². The SMILES string of the molecule is NC(Cc1c[nH]c2cccc(Br)c12)C(=O)O. The highest BCUT2D eigenvalue weighted by Crippen LogP contribution is 2.27. The third-order valence-corrected chi connectivity index (χ3v) is 3.15. The number of hydrogen-bond donors (Lipinski definition) is 3. The first kappa shape index (κ1) is 11.2. The summed E-state index contributed by atoms with van der Waals surface area (Å²) in [7, 11) is 0. The molecular formula is C11H11BrN2O2. The highest BCUT2D eigenvalue weighted by Gasteiger charge is 2.15. The van der Waals surface area contributed by atoms with Crippen molar-refractivity contribution in [2.24, 2.45) is 5.73 Å². The molecule has 0 saturated carbocycles. The van der Waals surface area contributed by atoms with Crippen molar-refractivity contribution in [3.8, 4) is 0 Å². The van der Waals surface area contributed by atoms with E-state index in [1.807, 2.05) is 18.2 Å². The molecule has 0 aliphatic carbocycles. The number of nitrogens with two attached hydrogens (primary N) is 1. The van der Waals surface area contributed by atoms with E-state index < -0.39 is 12.0 Å². The molecule has 0 fully saturated rings. The molecule has 16 heavy (non-hydrogen) atoms. The van der Waals surface area contributed by atoms with E-state index in [9.17, 15) is 4.79 Å². The van der Waals surface area contributed by atoms with E-state index in [0.717, 1.165) is 20.9 Å². The minimum absolute atomic E-state index is 0.317. The molecule has 0 aliphatic heterocycles. The lowest BCUT2D eigenvalue weighted by Crippen LogP contribution is -2.32. The Balaban J connectivity index is 2.42. The molecule has 2 rings (SSSR count). The van der Waals surface area contributed by atoms with E-state index in [1.54, 1.807) is 6.20 Å². The molecule has 2 aromatic rings. The number of halogens is 1. The molecule has 0 spiro atoms. The zero-order chi connectivity index (χ0) is 11.7. The summed E-state index contributed by atoms with van der Waals surface area (Å²) in [4.78, 5) is 13.8. The number of aromatic amines is 1. The van der Waals surface area contributed by atoms with E-state index >= 15 is 0 Å². The second-order valence-electron chi connectivity index (χ2n) is 3.63. The van der Waals surface area contributed by atoms with Crippen molar-refractivity contribution in [2.75, 3.05) is 0 Å². The number of nitrogens with one attached hydrogen (secondary N) is 1. The summed E-state index contributed by atoms with van der Waals surface area (Å²) in [5.41, 5.74) is 7.41. The number of H-pyrrole nitrogens is 1. The summed E-state index contributed by atoms with van der Waals surface area (Å²) >= 11 is 3.45. The number of rotatable bonds is 3. The summed E-state index contributed by atoms with van der Waals surface area (Å²) < 4.78 is 0.943. The Morgan fingerprint density at radius 2 is 2.31 bits per heavy atom. The van der Waals surface area contributed by atoms with Gasteiger partial charge >= 0.3 is 5.97 Å². The molecule has 1 atom stereocenters. The Hall–Kier alpha value is -1.33. The number of aliphatic carboxylic acids is 1. The van der Waals surface area contributed by atoms with Crippen LogP contribution in [-0.2, 0) is 11.2 Å². The van der Waals surface area contributed by atoms with E-state index in [4.69, 9.17) is 10.8 Å². The minimum Gasteiger partial charge on any atom is -0.480 e. The van der Waals surface area contributed by atoms with Gasteiger partial charge in [0.2, 0.25) is 0 Å². The molecule has 0 radical (unpaired) electrons. The van der Waals surface area contributed by atoms with Crippen LogP contribution in [0.3, 0.4) is 0 Å². The van der Waals surface area contributed by atoms with Crippen LogP contribution in [0.5, 0.6) is 0 Å². The second-order valence-corrected chi connectivity index (χ2v) is 4.48. The smallest absolute Gasteiger partial charge is 0.320 e. The zero-order valence-corrected chi connectivity index (χ0v) is 9.99. The Kier molecular flexibility index (Phi) is 2.98. The van der Waals surface area contributed by atoms with Crippen molar-refractivity contribution in [1.29, 1.82) is 0 Å². The summed E-state index contributed by atoms with van der Waals surface area (Å²) in [6.07, 6.45) is 2.12. The van der Waals surface area contributed by atoms with Crippen LogP contribution in [0.15, 0.2) is 28.9 Å². The van der Waals surface area contributed by atoms with E-state index in [-0.39, 0.29) is 0 Å². The van der Waals surface area contributed by atoms with Gasteiger partial charge in [-0.05, 0) is 17.7 Å². The van der Waals surface area contributed by atoms with Crippen LogP contribution < -0.4 is 5.73 Å². The normalized spacial score (nSPS) is 12.9. The van der Waals surface area contributed by atoms with Gasteiger partial charge < -0.3 is 15.8 Å². The standard InChI is InChI=1S/C11H11BrN2O2/c12-7-2-1-3-9-10(7)6(5-14-9)4-8(13)11(15)16/h1-3,5,8,14H,4,13H2,(H,15,16). The fourth-order valence-electron chi connectivity index (χ4n) is 1.69. The first-order valence-electron chi connectivity index (χ1n) is 4.82. The Morgan fingerprint density at radius 3 is 3.00 bits per heavy atom. The Morgan fingerprint density at radius 1 is 1.56 bits per heavy atom. The lowest BCUT2D eigenvalue weighted by molar-refractivity contribution is -0.138. The summed E-state index contributed by atoms with van der Waals surface area (Å²) in [6, 6.07) is 4.91. The van der Waals surface area contributed by atoms with Gasteiger partial charge in [-0.1, -0.05) is 22.0 Å². The molecule has 0 amide bonds. The van der Waals surface area contributed by atoms with Gasteiger partial charge in [-0.15, -0.1) is 0 Å². The van der Waals surface area contributed by atoms with Crippen molar-refractivity contribution in [3.05, 3.63) is 34.4 Å². The first-order valence-corrected chi connectivity index (χ1v) is 5.61. The molecule has 1 aromatic heterocycles. The predicted octanol–water partition coefficient (Wildman–Crippen LogP) is 1.88. The molecule has 5 heteroatoms. The highest BCUT2D eigenvalue weighted by atomic mass is 79.9. The molecule has 1 unspecified atom stereocenters. The van der Waals surface area contributed by atoms with Crippen LogP contribution in [-0.4, -0.2) is 22.1 Å². The maximum atomic E-state index is 10.7. The maximum Gasteiger partial charge on any atom is 0.320 e. The summed E-state index contributed by atoms with van der Waals surface area (Å²) in [6.45, 7) is 0. The van der Waals surface area contributed by atoms with Crippen molar-refractivity contribution in [3.63, 3.8) is 0 Å². The lowest BCUT2D eigenvalue weighted by atomic mass is 10.1. The number of aromatic nitrogens is 1. The van der Waals surface area contributed by atoms with Gasteiger partial charge in [0, 0.05) is 28.0 Å². The molecule has 4 N–H and O–H groups in total. The largest absolute Gasteiger partial charge is 0.480 e. The van der Waals surface area contributed by atoms with E-state index in [1.165, 1.54) is 0 Å². The summed E-state index contributed by atoms with van der Waals surface area (Å²) in [5, 5.41) is 9.77. The quantitative estimate of drug-likeness (QED) is 0.804. The van der Waals surface area contributed by atoms with Crippen LogP contribution in [0.4, 0.5) is 0 Å². The zero-order valence-electron chi connectivity index (χ0n) is 8.40. The monoisotopic (exact) mass is 282 g/mol. The minimum atomic E-state index is -0.985. The molecule has 4 nitrogen and oxygen atoms in total. The van der Waals surface area contributed by atoms with Gasteiger partial charge in [-0.25, -0.2) is 0 Å². The average Bonchev–Trinajstić information content (AvgIpc) is 2.63. The number of carboxylic acids is 1. The molecule has 1 heterocycles. The van der Waals surface area contributed by atoms with Crippen molar-refractivity contribution < 1.29 is 9.90 Å². The van der Waals surface area contributed by atoms with Crippen LogP contribution in [0.25, 0.3) is 10.9 Å². The van der Waals surface area contributed by atoms with E-state index in [2.05, 4.69) is 20.9 Å². The Labute approximate surface area is 101 Å². The van der Waals surface area contributed by atoms with Gasteiger partial charge in [0.1, 0.15) is 6.04 Å². The van der Waals surface area contributed by atoms with Crippen molar-refractivity contribution in [1.82, 2.24) is 4.98 Å². The number of carboxylic acid groups (broad SMARTS) is 1.